The van der Waals surface area contributed by atoms with Crippen molar-refractivity contribution < 1.29 is 21.6 Å². The second-order valence-electron chi connectivity index (χ2n) is 4.63. The van der Waals surface area contributed by atoms with E-state index in [-0.39, 0.29) is 29.3 Å². The van der Waals surface area contributed by atoms with Crippen molar-refractivity contribution in [2.45, 2.75) is 17.5 Å². The third-order valence-corrected chi connectivity index (χ3v) is 4.53. The molecule has 0 aliphatic heterocycles. The Balaban J connectivity index is 2.63. The molecular weight excluding hydrogens is 305 g/mol. The molecule has 0 N–H and O–H groups in total. The molecule has 0 bridgehead atoms. The third kappa shape index (κ3) is 6.14. The molecule has 0 aliphatic carbocycles. The molecule has 0 aromatic heterocycles. The second kappa shape index (κ2) is 6.91. The van der Waals surface area contributed by atoms with Crippen molar-refractivity contribution in [2.75, 3.05) is 25.9 Å². The molecule has 0 unspecified atom stereocenters. The molecule has 8 heteroatoms. The molecule has 0 fully saturated rings. The molecule has 21 heavy (non-hydrogen) atoms. The SMILES string of the molecule is CN(CCC(F)(F)F)CCS(=O)(=O)c1cccc(C#N)c1. The monoisotopic (exact) mass is 320 g/mol. The summed E-state index contributed by atoms with van der Waals surface area (Å²) in [5.41, 5.74) is 0.224. The van der Waals surface area contributed by atoms with E-state index in [1.54, 1.807) is 0 Å². The molecule has 0 saturated carbocycles. The van der Waals surface area contributed by atoms with E-state index < -0.39 is 22.4 Å². The second-order valence-corrected chi connectivity index (χ2v) is 6.74. The van der Waals surface area contributed by atoms with Gasteiger partial charge in [-0.25, -0.2) is 8.42 Å². The van der Waals surface area contributed by atoms with Crippen LogP contribution in [-0.2, 0) is 9.84 Å². The van der Waals surface area contributed by atoms with E-state index >= 15 is 0 Å². The highest BCUT2D eigenvalue weighted by Crippen LogP contribution is 2.19. The van der Waals surface area contributed by atoms with Gasteiger partial charge in [-0.1, -0.05) is 6.07 Å². The molecule has 116 valence electrons. The van der Waals surface area contributed by atoms with E-state index in [9.17, 15) is 21.6 Å². The van der Waals surface area contributed by atoms with E-state index in [0.29, 0.717) is 0 Å². The fraction of sp³-hybridized carbons (Fsp3) is 0.462. The van der Waals surface area contributed by atoms with Crippen LogP contribution in [0.25, 0.3) is 0 Å². The van der Waals surface area contributed by atoms with Gasteiger partial charge < -0.3 is 4.90 Å². The molecule has 0 aliphatic rings. The lowest BCUT2D eigenvalue weighted by Crippen LogP contribution is -2.29. The predicted octanol–water partition coefficient (Wildman–Crippen LogP) is 2.22. The average molecular weight is 320 g/mol. The number of hydrogen-bond acceptors (Lipinski definition) is 4. The lowest BCUT2D eigenvalue weighted by molar-refractivity contribution is -0.137. The smallest absolute Gasteiger partial charge is 0.305 e. The summed E-state index contributed by atoms with van der Waals surface area (Å²) in [5, 5.41) is 8.73. The normalized spacial score (nSPS) is 12.4. The van der Waals surface area contributed by atoms with Crippen LogP contribution < -0.4 is 0 Å². The van der Waals surface area contributed by atoms with Crippen LogP contribution in [0.1, 0.15) is 12.0 Å². The Morgan fingerprint density at radius 3 is 2.52 bits per heavy atom. The molecule has 4 nitrogen and oxygen atoms in total. The minimum Gasteiger partial charge on any atom is -0.305 e. The van der Waals surface area contributed by atoms with Gasteiger partial charge in [0.05, 0.1) is 28.7 Å². The van der Waals surface area contributed by atoms with Crippen LogP contribution >= 0.6 is 0 Å². The van der Waals surface area contributed by atoms with Crippen molar-refractivity contribution in [2.24, 2.45) is 0 Å². The number of hydrogen-bond donors (Lipinski definition) is 0. The van der Waals surface area contributed by atoms with Crippen LogP contribution in [0.4, 0.5) is 13.2 Å². The van der Waals surface area contributed by atoms with E-state index in [0.717, 1.165) is 0 Å². The summed E-state index contributed by atoms with van der Waals surface area (Å²) in [6.07, 6.45) is -5.23. The standard InChI is InChI=1S/C13H15F3N2O2S/c1-18(6-5-13(14,15)16)7-8-21(19,20)12-4-2-3-11(9-12)10-17/h2-4,9H,5-8H2,1H3. The number of nitriles is 1. The van der Waals surface area contributed by atoms with Crippen molar-refractivity contribution in [3.8, 4) is 6.07 Å². The Labute approximate surface area is 121 Å². The summed E-state index contributed by atoms with van der Waals surface area (Å²) in [6.45, 7) is -0.257. The third-order valence-electron chi connectivity index (χ3n) is 2.84. The summed E-state index contributed by atoms with van der Waals surface area (Å²) in [7, 11) is -2.18. The van der Waals surface area contributed by atoms with E-state index in [2.05, 4.69) is 0 Å². The van der Waals surface area contributed by atoms with Gasteiger partial charge in [-0.2, -0.15) is 18.4 Å². The van der Waals surface area contributed by atoms with E-state index in [1.807, 2.05) is 6.07 Å². The van der Waals surface area contributed by atoms with Gasteiger partial charge in [0.25, 0.3) is 0 Å². The molecule has 0 atom stereocenters. The first kappa shape index (κ1) is 17.5. The Kier molecular flexibility index (Phi) is 5.75. The molecule has 0 spiro atoms. The number of halogens is 3. The lowest BCUT2D eigenvalue weighted by atomic mass is 10.2. The van der Waals surface area contributed by atoms with Crippen LogP contribution in [0.15, 0.2) is 29.2 Å². The zero-order chi connectivity index (χ0) is 16.1. The van der Waals surface area contributed by atoms with Crippen LogP contribution in [0.2, 0.25) is 0 Å². The number of nitrogens with zero attached hydrogens (tertiary/aromatic N) is 2. The van der Waals surface area contributed by atoms with Crippen molar-refractivity contribution in [1.82, 2.24) is 4.90 Å². The molecule has 0 heterocycles. The van der Waals surface area contributed by atoms with Gasteiger partial charge in [-0.15, -0.1) is 0 Å². The molecular formula is C13H15F3N2O2S. The molecule has 1 rings (SSSR count). The Bertz CT molecular complexity index is 621. The van der Waals surface area contributed by atoms with Gasteiger partial charge in [-0.05, 0) is 25.2 Å². The zero-order valence-electron chi connectivity index (χ0n) is 11.4. The Morgan fingerprint density at radius 2 is 1.95 bits per heavy atom. The van der Waals surface area contributed by atoms with Crippen LogP contribution in [-0.4, -0.2) is 45.4 Å². The predicted molar refractivity (Wildman–Crippen MR) is 71.4 cm³/mol. The Morgan fingerprint density at radius 1 is 1.29 bits per heavy atom. The van der Waals surface area contributed by atoms with Crippen LogP contribution in [0.5, 0.6) is 0 Å². The maximum Gasteiger partial charge on any atom is 0.390 e. The highest BCUT2D eigenvalue weighted by Gasteiger charge is 2.27. The molecule has 1 aromatic rings. The van der Waals surface area contributed by atoms with Crippen molar-refractivity contribution in [3.63, 3.8) is 0 Å². The highest BCUT2D eigenvalue weighted by molar-refractivity contribution is 7.91. The molecule has 1 aromatic carbocycles. The minimum absolute atomic E-state index is 0.00477. The fourth-order valence-electron chi connectivity index (χ4n) is 1.58. The van der Waals surface area contributed by atoms with Gasteiger partial charge in [0.2, 0.25) is 0 Å². The number of benzene rings is 1. The minimum atomic E-state index is -4.26. The van der Waals surface area contributed by atoms with Crippen molar-refractivity contribution in [3.05, 3.63) is 29.8 Å². The quantitative estimate of drug-likeness (QED) is 0.806. The summed E-state index contributed by atoms with van der Waals surface area (Å²) < 4.78 is 60.3. The first-order valence-corrected chi connectivity index (χ1v) is 7.77. The first-order valence-electron chi connectivity index (χ1n) is 6.12. The number of alkyl halides is 3. The number of sulfone groups is 1. The zero-order valence-corrected chi connectivity index (χ0v) is 12.2. The van der Waals surface area contributed by atoms with Gasteiger partial charge in [-0.3, -0.25) is 0 Å². The molecule has 0 amide bonds. The van der Waals surface area contributed by atoms with Gasteiger partial charge in [0, 0.05) is 13.1 Å². The topological polar surface area (TPSA) is 61.2 Å². The Hall–Kier alpha value is -1.59. The molecule has 0 radical (unpaired) electrons. The van der Waals surface area contributed by atoms with Crippen molar-refractivity contribution in [1.29, 1.82) is 5.26 Å². The molecule has 0 saturated heterocycles. The number of rotatable bonds is 6. The first-order chi connectivity index (χ1) is 9.64. The maximum atomic E-state index is 12.1. The average Bonchev–Trinajstić information content (AvgIpc) is 2.42. The largest absolute Gasteiger partial charge is 0.390 e. The van der Waals surface area contributed by atoms with Crippen LogP contribution in [0, 0.1) is 11.3 Å². The lowest BCUT2D eigenvalue weighted by Gasteiger charge is -2.17. The summed E-state index contributed by atoms with van der Waals surface area (Å²) in [4.78, 5) is 1.32. The summed E-state index contributed by atoms with van der Waals surface area (Å²) in [6, 6.07) is 7.40. The summed E-state index contributed by atoms with van der Waals surface area (Å²) >= 11 is 0. The van der Waals surface area contributed by atoms with Gasteiger partial charge >= 0.3 is 6.18 Å². The van der Waals surface area contributed by atoms with Gasteiger partial charge in [0.1, 0.15) is 0 Å². The highest BCUT2D eigenvalue weighted by atomic mass is 32.2. The van der Waals surface area contributed by atoms with E-state index in [1.165, 1.54) is 36.2 Å². The van der Waals surface area contributed by atoms with Gasteiger partial charge in [0.15, 0.2) is 9.84 Å². The van der Waals surface area contributed by atoms with E-state index in [4.69, 9.17) is 5.26 Å². The van der Waals surface area contributed by atoms with Crippen molar-refractivity contribution >= 4 is 9.84 Å². The fourth-order valence-corrected chi connectivity index (χ4v) is 2.96. The van der Waals surface area contributed by atoms with Crippen LogP contribution in [0.3, 0.4) is 0 Å². The summed E-state index contributed by atoms with van der Waals surface area (Å²) in [5.74, 6) is -0.295. The maximum absolute atomic E-state index is 12.1.